The van der Waals surface area contributed by atoms with Crippen LogP contribution in [0.5, 0.6) is 0 Å². The van der Waals surface area contributed by atoms with E-state index in [2.05, 4.69) is 67.9 Å². The van der Waals surface area contributed by atoms with Gasteiger partial charge in [-0.05, 0) is 67.5 Å². The Morgan fingerprint density at radius 2 is 1.66 bits per heavy atom. The lowest BCUT2D eigenvalue weighted by atomic mass is 9.93. The maximum Gasteiger partial charge on any atom is 0.322 e. The minimum absolute atomic E-state index is 0.0674. The fourth-order valence-electron chi connectivity index (χ4n) is 5.92. The molecule has 8 heteroatoms. The van der Waals surface area contributed by atoms with Crippen LogP contribution >= 0.6 is 0 Å². The van der Waals surface area contributed by atoms with Gasteiger partial charge in [0.05, 0.1) is 17.9 Å². The average molecular weight is 561 g/mol. The molecule has 2 heterocycles. The van der Waals surface area contributed by atoms with Crippen LogP contribution in [0.25, 0.3) is 5.69 Å². The SMILES string of the molecule is CCN1CCN(c2c(CN(C(=O)Nc3c(C(C)C)cccc3C(C)C)C3CC3)c(C)nn2-c2cccc(F)c2)CC1. The van der Waals surface area contributed by atoms with Gasteiger partial charge >= 0.3 is 6.03 Å². The number of likely N-dealkylation sites (N-methyl/N-ethyl adjacent to an activating group) is 1. The molecule has 2 fully saturated rings. The van der Waals surface area contributed by atoms with E-state index >= 15 is 0 Å². The number of aromatic nitrogens is 2. The van der Waals surface area contributed by atoms with Crippen molar-refractivity contribution in [2.45, 2.75) is 78.8 Å². The van der Waals surface area contributed by atoms with Crippen molar-refractivity contribution in [3.63, 3.8) is 0 Å². The number of hydrogen-bond acceptors (Lipinski definition) is 4. The smallest absolute Gasteiger partial charge is 0.322 e. The van der Waals surface area contributed by atoms with Crippen LogP contribution in [-0.4, -0.2) is 64.4 Å². The predicted molar refractivity (Wildman–Crippen MR) is 165 cm³/mol. The summed E-state index contributed by atoms with van der Waals surface area (Å²) in [5.74, 6) is 1.26. The van der Waals surface area contributed by atoms with E-state index in [1.54, 1.807) is 6.07 Å². The maximum absolute atomic E-state index is 14.3. The summed E-state index contributed by atoms with van der Waals surface area (Å²) in [6, 6.07) is 13.1. The number of amides is 2. The normalized spacial score (nSPS) is 16.1. The number of carbonyl (C=O) groups excluding carboxylic acids is 1. The number of aryl methyl sites for hydroxylation is 1. The van der Waals surface area contributed by atoms with Crippen LogP contribution in [0.3, 0.4) is 0 Å². The van der Waals surface area contributed by atoms with Gasteiger partial charge < -0.3 is 20.0 Å². The Hall–Kier alpha value is -3.39. The second-order valence-electron chi connectivity index (χ2n) is 12.1. The lowest BCUT2D eigenvalue weighted by Gasteiger charge is -2.36. The highest BCUT2D eigenvalue weighted by atomic mass is 19.1. The summed E-state index contributed by atoms with van der Waals surface area (Å²) in [6.07, 6.45) is 2.00. The quantitative estimate of drug-likeness (QED) is 0.309. The number of rotatable bonds is 9. The first-order valence-corrected chi connectivity index (χ1v) is 15.2. The van der Waals surface area contributed by atoms with Crippen molar-refractivity contribution in [3.8, 4) is 5.69 Å². The number of para-hydroxylation sites is 1. The van der Waals surface area contributed by atoms with Gasteiger partial charge in [-0.15, -0.1) is 0 Å². The van der Waals surface area contributed by atoms with Gasteiger partial charge in [-0.3, -0.25) is 0 Å². The number of urea groups is 1. The second kappa shape index (κ2) is 12.2. The fraction of sp³-hybridized carbons (Fsp3) is 0.515. The number of carbonyl (C=O) groups is 1. The summed E-state index contributed by atoms with van der Waals surface area (Å²) in [5.41, 5.74) is 5.85. The van der Waals surface area contributed by atoms with E-state index < -0.39 is 0 Å². The summed E-state index contributed by atoms with van der Waals surface area (Å²) in [5, 5.41) is 8.27. The molecular weight excluding hydrogens is 515 g/mol. The molecule has 0 unspecified atom stereocenters. The molecule has 1 aliphatic heterocycles. The molecule has 220 valence electrons. The Morgan fingerprint density at radius 1 is 1.02 bits per heavy atom. The van der Waals surface area contributed by atoms with Crippen molar-refractivity contribution in [1.82, 2.24) is 19.6 Å². The van der Waals surface area contributed by atoms with Crippen LogP contribution < -0.4 is 10.2 Å². The highest BCUT2D eigenvalue weighted by Crippen LogP contribution is 2.37. The molecule has 1 aliphatic carbocycles. The number of piperazine rings is 1. The number of anilines is 2. The molecule has 1 saturated carbocycles. The van der Waals surface area contributed by atoms with E-state index in [4.69, 9.17) is 5.10 Å². The molecule has 2 aliphatic rings. The Morgan fingerprint density at radius 3 is 2.22 bits per heavy atom. The van der Waals surface area contributed by atoms with Crippen LogP contribution in [-0.2, 0) is 6.54 Å². The van der Waals surface area contributed by atoms with Gasteiger partial charge in [-0.2, -0.15) is 5.10 Å². The third-order valence-corrected chi connectivity index (χ3v) is 8.51. The lowest BCUT2D eigenvalue weighted by molar-refractivity contribution is 0.206. The van der Waals surface area contributed by atoms with Crippen molar-refractivity contribution in [2.75, 3.05) is 42.9 Å². The third-order valence-electron chi connectivity index (χ3n) is 8.51. The van der Waals surface area contributed by atoms with Crippen molar-refractivity contribution in [2.24, 2.45) is 0 Å². The Kier molecular flexibility index (Phi) is 8.68. The van der Waals surface area contributed by atoms with E-state index in [0.717, 1.165) is 79.5 Å². The molecule has 0 radical (unpaired) electrons. The van der Waals surface area contributed by atoms with E-state index in [1.165, 1.54) is 12.1 Å². The van der Waals surface area contributed by atoms with Gasteiger partial charge in [0.1, 0.15) is 11.6 Å². The summed E-state index contributed by atoms with van der Waals surface area (Å²) in [4.78, 5) is 20.9. The predicted octanol–water partition coefficient (Wildman–Crippen LogP) is 6.91. The zero-order chi connectivity index (χ0) is 29.3. The van der Waals surface area contributed by atoms with Crippen LogP contribution in [0, 0.1) is 12.7 Å². The molecule has 2 aromatic carbocycles. The van der Waals surface area contributed by atoms with Crippen molar-refractivity contribution in [1.29, 1.82) is 0 Å². The first-order chi connectivity index (χ1) is 19.7. The maximum atomic E-state index is 14.3. The zero-order valence-electron chi connectivity index (χ0n) is 25.5. The molecule has 7 nitrogen and oxygen atoms in total. The Balaban J connectivity index is 1.51. The number of halogens is 1. The lowest BCUT2D eigenvalue weighted by Crippen LogP contribution is -2.47. The summed E-state index contributed by atoms with van der Waals surface area (Å²) in [7, 11) is 0. The molecule has 0 atom stereocenters. The van der Waals surface area contributed by atoms with Crippen molar-refractivity contribution >= 4 is 17.5 Å². The zero-order valence-corrected chi connectivity index (χ0v) is 25.5. The van der Waals surface area contributed by atoms with Gasteiger partial charge in [0, 0.05) is 43.5 Å². The summed E-state index contributed by atoms with van der Waals surface area (Å²) in [6.45, 7) is 18.0. The van der Waals surface area contributed by atoms with Crippen LogP contribution in [0.1, 0.15) is 81.7 Å². The van der Waals surface area contributed by atoms with E-state index in [9.17, 15) is 9.18 Å². The van der Waals surface area contributed by atoms with Gasteiger partial charge in [-0.25, -0.2) is 13.9 Å². The van der Waals surface area contributed by atoms with Gasteiger partial charge in [-0.1, -0.05) is 58.9 Å². The molecule has 1 N–H and O–H groups in total. The van der Waals surface area contributed by atoms with E-state index in [0.29, 0.717) is 24.1 Å². The topological polar surface area (TPSA) is 56.6 Å². The van der Waals surface area contributed by atoms with Crippen LogP contribution in [0.15, 0.2) is 42.5 Å². The largest absolute Gasteiger partial charge is 0.354 e. The first-order valence-electron chi connectivity index (χ1n) is 15.2. The van der Waals surface area contributed by atoms with Crippen LogP contribution in [0.4, 0.5) is 20.7 Å². The Labute approximate surface area is 244 Å². The molecule has 2 amide bonds. The molecule has 5 rings (SSSR count). The molecule has 1 saturated heterocycles. The van der Waals surface area contributed by atoms with E-state index in [-0.39, 0.29) is 17.9 Å². The highest BCUT2D eigenvalue weighted by molar-refractivity contribution is 5.92. The second-order valence-corrected chi connectivity index (χ2v) is 12.1. The number of nitrogens with one attached hydrogen (secondary N) is 1. The molecule has 41 heavy (non-hydrogen) atoms. The molecular formula is C33H45FN6O. The minimum atomic E-state index is -0.289. The summed E-state index contributed by atoms with van der Waals surface area (Å²) >= 11 is 0. The van der Waals surface area contributed by atoms with Crippen molar-refractivity contribution < 1.29 is 9.18 Å². The van der Waals surface area contributed by atoms with Gasteiger partial charge in [0.2, 0.25) is 0 Å². The molecule has 0 spiro atoms. The molecule has 3 aromatic rings. The van der Waals surface area contributed by atoms with Crippen molar-refractivity contribution in [3.05, 3.63) is 70.7 Å². The standard InChI is InChI=1S/C33H45FN6O/c1-7-37-16-18-38(19-17-37)32-30(24(6)36-40(32)27-11-8-10-25(34)20-27)21-39(26-14-15-26)33(41)35-31-28(22(2)3)12-9-13-29(31)23(4)5/h8-13,20,22-23,26H,7,14-19,21H2,1-6H3,(H,35,41). The average Bonchev–Trinajstić information content (AvgIpc) is 3.74. The summed E-state index contributed by atoms with van der Waals surface area (Å²) < 4.78 is 16.2. The molecule has 0 bridgehead atoms. The number of hydrogen-bond donors (Lipinski definition) is 1. The number of nitrogens with zero attached hydrogens (tertiary/aromatic N) is 5. The van der Waals surface area contributed by atoms with Gasteiger partial charge in [0.25, 0.3) is 0 Å². The molecule has 1 aromatic heterocycles. The van der Waals surface area contributed by atoms with Gasteiger partial charge in [0.15, 0.2) is 0 Å². The minimum Gasteiger partial charge on any atom is -0.354 e. The monoisotopic (exact) mass is 560 g/mol. The fourth-order valence-corrected chi connectivity index (χ4v) is 5.92. The van der Waals surface area contributed by atoms with E-state index in [1.807, 2.05) is 22.6 Å². The first kappa shape index (κ1) is 29.1. The number of benzene rings is 2. The Bertz CT molecular complexity index is 1340. The third kappa shape index (κ3) is 6.27. The highest BCUT2D eigenvalue weighted by Gasteiger charge is 2.36. The van der Waals surface area contributed by atoms with Crippen LogP contribution in [0.2, 0.25) is 0 Å².